The first-order valence-corrected chi connectivity index (χ1v) is 9.02. The molecule has 0 aliphatic carbocycles. The van der Waals surface area contributed by atoms with Gasteiger partial charge in [-0.3, -0.25) is 4.79 Å². The van der Waals surface area contributed by atoms with E-state index in [9.17, 15) is 9.59 Å². The Bertz CT molecular complexity index is 482. The zero-order valence-electron chi connectivity index (χ0n) is 12.9. The number of carbonyl (C=O) groups is 2. The molecule has 0 saturated carbocycles. The highest BCUT2D eigenvalue weighted by atomic mass is 33.1. The summed E-state index contributed by atoms with van der Waals surface area (Å²) in [5, 5.41) is 0. The first kappa shape index (κ1) is 20.8. The van der Waals surface area contributed by atoms with Crippen molar-refractivity contribution in [3.8, 4) is 5.75 Å². The SMILES string of the molecule is CCSSc1ccccc1OC(=O)[C@H](C)N.C[C@H](N)C(N)=O. The van der Waals surface area contributed by atoms with Gasteiger partial charge in [-0.1, -0.05) is 40.6 Å². The van der Waals surface area contributed by atoms with E-state index in [1.807, 2.05) is 18.2 Å². The number of hydrogen-bond acceptors (Lipinski definition) is 7. The van der Waals surface area contributed by atoms with Gasteiger partial charge < -0.3 is 21.9 Å². The number of rotatable bonds is 6. The summed E-state index contributed by atoms with van der Waals surface area (Å²) in [4.78, 5) is 22.1. The van der Waals surface area contributed by atoms with Crippen molar-refractivity contribution >= 4 is 33.5 Å². The molecule has 22 heavy (non-hydrogen) atoms. The lowest BCUT2D eigenvalue weighted by Gasteiger charge is -2.10. The fourth-order valence-electron chi connectivity index (χ4n) is 0.927. The van der Waals surface area contributed by atoms with E-state index in [1.54, 1.807) is 41.5 Å². The standard InChI is InChI=1S/C11H15NO2S2.C3H8N2O/c1-3-15-16-10-7-5-4-6-9(10)14-11(13)8(2)12;1-2(4)3(5)6/h4-8H,3,12H2,1-2H3;2H,4H2,1H3,(H2,5,6)/t8-;2-/m00/s1. The number of benzene rings is 1. The molecule has 0 saturated heterocycles. The van der Waals surface area contributed by atoms with E-state index in [1.165, 1.54) is 0 Å². The largest absolute Gasteiger partial charge is 0.424 e. The topological polar surface area (TPSA) is 121 Å². The normalized spacial score (nSPS) is 12.6. The summed E-state index contributed by atoms with van der Waals surface area (Å²) in [6.07, 6.45) is 0. The van der Waals surface area contributed by atoms with Gasteiger partial charge in [-0.05, 0) is 26.0 Å². The highest BCUT2D eigenvalue weighted by molar-refractivity contribution is 8.76. The number of esters is 1. The molecule has 124 valence electrons. The van der Waals surface area contributed by atoms with Gasteiger partial charge in [0.25, 0.3) is 0 Å². The van der Waals surface area contributed by atoms with Crippen LogP contribution in [0.3, 0.4) is 0 Å². The summed E-state index contributed by atoms with van der Waals surface area (Å²) in [5.74, 6) is 0.709. The summed E-state index contributed by atoms with van der Waals surface area (Å²) in [6, 6.07) is 6.35. The number of ether oxygens (including phenoxy) is 1. The van der Waals surface area contributed by atoms with Gasteiger partial charge in [-0.2, -0.15) is 0 Å². The van der Waals surface area contributed by atoms with Crippen LogP contribution in [0.4, 0.5) is 0 Å². The van der Waals surface area contributed by atoms with Crippen molar-refractivity contribution in [1.29, 1.82) is 0 Å². The van der Waals surface area contributed by atoms with Gasteiger partial charge in [0.15, 0.2) is 0 Å². The van der Waals surface area contributed by atoms with Crippen LogP contribution in [0.1, 0.15) is 20.8 Å². The Balaban J connectivity index is 0.000000626. The third-order valence-electron chi connectivity index (χ3n) is 2.15. The Morgan fingerprint density at radius 2 is 1.73 bits per heavy atom. The number of carbonyl (C=O) groups excluding carboxylic acids is 2. The maximum absolute atomic E-state index is 11.4. The van der Waals surface area contributed by atoms with Crippen LogP contribution < -0.4 is 21.9 Å². The second kappa shape index (κ2) is 11.4. The van der Waals surface area contributed by atoms with Crippen LogP contribution in [-0.2, 0) is 9.59 Å². The van der Waals surface area contributed by atoms with Gasteiger partial charge in [-0.15, -0.1) is 0 Å². The zero-order valence-corrected chi connectivity index (χ0v) is 14.6. The average Bonchev–Trinajstić information content (AvgIpc) is 2.46. The first-order chi connectivity index (χ1) is 10.3. The molecule has 0 aliphatic heterocycles. The predicted molar refractivity (Wildman–Crippen MR) is 92.6 cm³/mol. The minimum Gasteiger partial charge on any atom is -0.424 e. The Hall–Kier alpha value is -1.22. The summed E-state index contributed by atoms with van der Waals surface area (Å²) in [7, 11) is 3.30. The van der Waals surface area contributed by atoms with Crippen LogP contribution in [0, 0.1) is 0 Å². The fourth-order valence-corrected chi connectivity index (χ4v) is 2.65. The third kappa shape index (κ3) is 8.93. The Kier molecular flexibility index (Phi) is 10.7. The molecule has 0 aliphatic rings. The first-order valence-electron chi connectivity index (χ1n) is 6.70. The van der Waals surface area contributed by atoms with Crippen molar-refractivity contribution < 1.29 is 14.3 Å². The van der Waals surface area contributed by atoms with Gasteiger partial charge in [0.2, 0.25) is 5.91 Å². The second-order valence-electron chi connectivity index (χ2n) is 4.34. The molecule has 0 unspecified atom stereocenters. The van der Waals surface area contributed by atoms with E-state index in [2.05, 4.69) is 12.7 Å². The van der Waals surface area contributed by atoms with E-state index in [4.69, 9.17) is 16.2 Å². The lowest BCUT2D eigenvalue weighted by Crippen LogP contribution is -2.32. The van der Waals surface area contributed by atoms with Gasteiger partial charge in [0.05, 0.1) is 10.9 Å². The molecule has 6 N–H and O–H groups in total. The molecule has 1 aromatic rings. The summed E-state index contributed by atoms with van der Waals surface area (Å²) < 4.78 is 5.21. The number of hydrogen-bond donors (Lipinski definition) is 3. The molecule has 0 aromatic heterocycles. The Labute approximate surface area is 138 Å². The predicted octanol–water partition coefficient (Wildman–Crippen LogP) is 1.52. The zero-order chi connectivity index (χ0) is 17.1. The number of primary amides is 1. The summed E-state index contributed by atoms with van der Waals surface area (Å²) in [5.41, 5.74) is 15.1. The smallest absolute Gasteiger partial charge is 0.328 e. The monoisotopic (exact) mass is 345 g/mol. The van der Waals surface area contributed by atoms with Crippen LogP contribution in [-0.4, -0.2) is 29.7 Å². The van der Waals surface area contributed by atoms with E-state index < -0.39 is 24.0 Å². The molecule has 0 radical (unpaired) electrons. The van der Waals surface area contributed by atoms with Crippen LogP contribution in [0.25, 0.3) is 0 Å². The quantitative estimate of drug-likeness (QED) is 0.406. The molecule has 2 atom stereocenters. The van der Waals surface area contributed by atoms with E-state index in [-0.39, 0.29) is 0 Å². The van der Waals surface area contributed by atoms with Crippen molar-refractivity contribution in [3.05, 3.63) is 24.3 Å². The molecule has 0 fully saturated rings. The van der Waals surface area contributed by atoms with Crippen LogP contribution >= 0.6 is 21.6 Å². The third-order valence-corrected chi connectivity index (χ3v) is 4.62. The highest BCUT2D eigenvalue weighted by Gasteiger charge is 2.12. The molecule has 0 heterocycles. The summed E-state index contributed by atoms with van der Waals surface area (Å²) in [6.45, 7) is 5.23. The molecule has 1 aromatic carbocycles. The molecule has 0 spiro atoms. The average molecular weight is 345 g/mol. The van der Waals surface area contributed by atoms with Gasteiger partial charge in [0.1, 0.15) is 11.8 Å². The molecule has 0 bridgehead atoms. The molecule has 6 nitrogen and oxygen atoms in total. The minimum absolute atomic E-state index is 0.408. The van der Waals surface area contributed by atoms with Crippen LogP contribution in [0.5, 0.6) is 5.75 Å². The Morgan fingerprint density at radius 3 is 2.18 bits per heavy atom. The Morgan fingerprint density at radius 1 is 1.18 bits per heavy atom. The number of nitrogens with two attached hydrogens (primary N) is 3. The van der Waals surface area contributed by atoms with Crippen molar-refractivity contribution in [2.75, 3.05) is 5.75 Å². The molecular formula is C14H23N3O3S2. The van der Waals surface area contributed by atoms with Crippen molar-refractivity contribution in [1.82, 2.24) is 0 Å². The van der Waals surface area contributed by atoms with Crippen LogP contribution in [0.15, 0.2) is 29.2 Å². The summed E-state index contributed by atoms with van der Waals surface area (Å²) >= 11 is 0. The maximum atomic E-state index is 11.4. The highest BCUT2D eigenvalue weighted by Crippen LogP contribution is 2.37. The molecule has 1 amide bonds. The van der Waals surface area contributed by atoms with Crippen molar-refractivity contribution in [2.45, 2.75) is 37.8 Å². The van der Waals surface area contributed by atoms with E-state index in [0.29, 0.717) is 5.75 Å². The molecule has 8 heteroatoms. The lowest BCUT2D eigenvalue weighted by molar-refractivity contribution is -0.135. The van der Waals surface area contributed by atoms with Crippen molar-refractivity contribution in [2.24, 2.45) is 17.2 Å². The van der Waals surface area contributed by atoms with Crippen molar-refractivity contribution in [3.63, 3.8) is 0 Å². The lowest BCUT2D eigenvalue weighted by atomic mass is 10.3. The van der Waals surface area contributed by atoms with Gasteiger partial charge in [-0.25, -0.2) is 4.79 Å². The van der Waals surface area contributed by atoms with Gasteiger partial charge in [0, 0.05) is 5.75 Å². The van der Waals surface area contributed by atoms with Crippen LogP contribution in [0.2, 0.25) is 0 Å². The number of para-hydroxylation sites is 1. The minimum atomic E-state index is -0.600. The van der Waals surface area contributed by atoms with E-state index >= 15 is 0 Å². The molecule has 1 rings (SSSR count). The van der Waals surface area contributed by atoms with E-state index in [0.717, 1.165) is 10.6 Å². The number of amides is 1. The fraction of sp³-hybridized carbons (Fsp3) is 0.429. The molecular weight excluding hydrogens is 322 g/mol. The maximum Gasteiger partial charge on any atom is 0.328 e. The second-order valence-corrected chi connectivity index (χ2v) is 6.96. The van der Waals surface area contributed by atoms with Gasteiger partial charge >= 0.3 is 5.97 Å².